The van der Waals surface area contributed by atoms with Crippen LogP contribution in [0, 0.1) is 0 Å². The molecule has 2 unspecified atom stereocenters. The van der Waals surface area contributed by atoms with Crippen LogP contribution in [-0.4, -0.2) is 49.3 Å². The van der Waals surface area contributed by atoms with E-state index in [4.69, 9.17) is 24.3 Å². The molecule has 0 bridgehead atoms. The van der Waals surface area contributed by atoms with Gasteiger partial charge in [-0.2, -0.15) is 0 Å². The highest BCUT2D eigenvalue weighted by Crippen LogP contribution is 2.43. The van der Waals surface area contributed by atoms with E-state index >= 15 is 0 Å². The average molecular weight is 872 g/mol. The smallest absolute Gasteiger partial charge is 0.462 e. The highest BCUT2D eigenvalue weighted by atomic mass is 31.2. The summed E-state index contributed by atoms with van der Waals surface area (Å²) in [4.78, 5) is 34.9. The van der Waals surface area contributed by atoms with Gasteiger partial charge >= 0.3 is 19.8 Å². The number of hydrogen-bond donors (Lipinski definition) is 2. The van der Waals surface area contributed by atoms with Crippen molar-refractivity contribution in [3.63, 3.8) is 0 Å². The van der Waals surface area contributed by atoms with Crippen molar-refractivity contribution in [3.05, 3.63) is 12.2 Å². The van der Waals surface area contributed by atoms with Gasteiger partial charge in [0.15, 0.2) is 6.10 Å². The van der Waals surface area contributed by atoms with Crippen molar-refractivity contribution < 1.29 is 37.6 Å². The van der Waals surface area contributed by atoms with Crippen LogP contribution in [0.25, 0.3) is 0 Å². The van der Waals surface area contributed by atoms with E-state index in [2.05, 4.69) is 26.0 Å². The molecule has 2 atom stereocenters. The number of carbonyl (C=O) groups excluding carboxylic acids is 2. The Kier molecular flexibility index (Phi) is 46.3. The van der Waals surface area contributed by atoms with Crippen LogP contribution in [0.3, 0.4) is 0 Å². The first-order chi connectivity index (χ1) is 29.3. The summed E-state index contributed by atoms with van der Waals surface area (Å²) in [7, 11) is -4.38. The minimum absolute atomic E-state index is 0.0549. The molecule has 356 valence electrons. The Hall–Kier alpha value is -1.25. The number of esters is 2. The van der Waals surface area contributed by atoms with E-state index in [0.29, 0.717) is 6.42 Å². The van der Waals surface area contributed by atoms with Gasteiger partial charge in [0.25, 0.3) is 0 Å². The van der Waals surface area contributed by atoms with Crippen LogP contribution in [0.5, 0.6) is 0 Å². The number of ether oxygens (including phenoxy) is 2. The third kappa shape index (κ3) is 46.3. The molecule has 0 saturated heterocycles. The van der Waals surface area contributed by atoms with E-state index in [0.717, 1.165) is 57.8 Å². The number of allylic oxidation sites excluding steroid dienone is 2. The Morgan fingerprint density at radius 1 is 0.483 bits per heavy atom. The molecule has 3 N–H and O–H groups in total. The summed E-state index contributed by atoms with van der Waals surface area (Å²) in [5.74, 6) is -0.825. The quantitative estimate of drug-likeness (QED) is 0.0265. The third-order valence-corrected chi connectivity index (χ3v) is 12.4. The minimum Gasteiger partial charge on any atom is -0.462 e. The van der Waals surface area contributed by atoms with E-state index in [1.807, 2.05) is 0 Å². The summed E-state index contributed by atoms with van der Waals surface area (Å²) in [6, 6.07) is 0. The molecule has 0 radical (unpaired) electrons. The van der Waals surface area contributed by atoms with Crippen molar-refractivity contribution in [3.8, 4) is 0 Å². The molecule has 0 saturated carbocycles. The standard InChI is InChI=1S/C50H98NO8P/c1-3-5-7-9-11-13-15-17-18-19-20-21-22-23-24-25-26-27-28-29-30-31-33-34-36-38-40-42-49(52)56-46-48(47-58-60(54,55)57-45-44-51)59-50(53)43-41-39-37-35-32-16-14-12-10-8-6-4-2/h12,14,48H,3-11,13,15-47,51H2,1-2H3,(H,54,55)/b14-12-. The van der Waals surface area contributed by atoms with Gasteiger partial charge in [0.2, 0.25) is 0 Å². The second-order valence-electron chi connectivity index (χ2n) is 17.4. The van der Waals surface area contributed by atoms with E-state index in [-0.39, 0.29) is 38.6 Å². The number of unbranched alkanes of at least 4 members (excludes halogenated alkanes) is 34. The molecule has 0 spiro atoms. The molecule has 0 aromatic heterocycles. The fraction of sp³-hybridized carbons (Fsp3) is 0.920. The molecule has 0 aromatic rings. The van der Waals surface area contributed by atoms with Gasteiger partial charge in [0.05, 0.1) is 13.2 Å². The fourth-order valence-corrected chi connectivity index (χ4v) is 8.34. The maximum Gasteiger partial charge on any atom is 0.472 e. The Bertz CT molecular complexity index is 995. The van der Waals surface area contributed by atoms with Crippen molar-refractivity contribution in [1.82, 2.24) is 0 Å². The van der Waals surface area contributed by atoms with E-state index in [1.165, 1.54) is 173 Å². The van der Waals surface area contributed by atoms with Crippen LogP contribution < -0.4 is 5.73 Å². The molecule has 9 nitrogen and oxygen atoms in total. The number of carbonyl (C=O) groups is 2. The van der Waals surface area contributed by atoms with Crippen LogP contribution >= 0.6 is 7.82 Å². The number of phosphoric ester groups is 1. The van der Waals surface area contributed by atoms with Gasteiger partial charge in [-0.15, -0.1) is 0 Å². The maximum atomic E-state index is 12.6. The molecular weight excluding hydrogens is 774 g/mol. The summed E-state index contributed by atoms with van der Waals surface area (Å²) in [6.07, 6.45) is 51.3. The summed E-state index contributed by atoms with van der Waals surface area (Å²) in [5, 5.41) is 0. The Morgan fingerprint density at radius 3 is 1.22 bits per heavy atom. The average Bonchev–Trinajstić information content (AvgIpc) is 3.24. The van der Waals surface area contributed by atoms with Gasteiger partial charge in [-0.3, -0.25) is 18.6 Å². The number of hydrogen-bond acceptors (Lipinski definition) is 8. The lowest BCUT2D eigenvalue weighted by Gasteiger charge is -2.19. The topological polar surface area (TPSA) is 134 Å². The largest absolute Gasteiger partial charge is 0.472 e. The fourth-order valence-electron chi connectivity index (χ4n) is 7.57. The maximum absolute atomic E-state index is 12.6. The van der Waals surface area contributed by atoms with Crippen molar-refractivity contribution in [2.75, 3.05) is 26.4 Å². The molecule has 0 aromatic carbocycles. The highest BCUT2D eigenvalue weighted by molar-refractivity contribution is 7.47. The van der Waals surface area contributed by atoms with Crippen molar-refractivity contribution in [2.24, 2.45) is 5.73 Å². The molecule has 0 fully saturated rings. The Morgan fingerprint density at radius 2 is 0.817 bits per heavy atom. The van der Waals surface area contributed by atoms with E-state index < -0.39 is 26.5 Å². The molecule has 60 heavy (non-hydrogen) atoms. The predicted octanol–water partition coefficient (Wildman–Crippen LogP) is 15.3. The van der Waals surface area contributed by atoms with Crippen LogP contribution in [0.4, 0.5) is 0 Å². The number of nitrogens with two attached hydrogens (primary N) is 1. The van der Waals surface area contributed by atoms with Crippen LogP contribution in [0.1, 0.15) is 264 Å². The second kappa shape index (κ2) is 47.2. The van der Waals surface area contributed by atoms with Crippen molar-refractivity contribution in [2.45, 2.75) is 270 Å². The summed E-state index contributed by atoms with van der Waals surface area (Å²) in [6.45, 7) is 3.74. The summed E-state index contributed by atoms with van der Waals surface area (Å²) in [5.41, 5.74) is 5.36. The van der Waals surface area contributed by atoms with Gasteiger partial charge in [-0.05, 0) is 38.5 Å². The van der Waals surface area contributed by atoms with Crippen LogP contribution in [0.2, 0.25) is 0 Å². The summed E-state index contributed by atoms with van der Waals surface area (Å²) < 4.78 is 32.8. The SMILES string of the molecule is CCCCC/C=C\CCCCCCCC(=O)OC(COC(=O)CCCCCCCCCCCCCCCCCCCCCCCCCCCCC)COP(=O)(O)OCCN. The molecule has 10 heteroatoms. The first-order valence-corrected chi connectivity index (χ1v) is 27.2. The van der Waals surface area contributed by atoms with Crippen molar-refractivity contribution >= 4 is 19.8 Å². The van der Waals surface area contributed by atoms with Gasteiger partial charge in [-0.1, -0.05) is 225 Å². The zero-order chi connectivity index (χ0) is 43.9. The van der Waals surface area contributed by atoms with E-state index in [9.17, 15) is 19.0 Å². The van der Waals surface area contributed by atoms with Gasteiger partial charge in [-0.25, -0.2) is 4.57 Å². The highest BCUT2D eigenvalue weighted by Gasteiger charge is 2.26. The molecule has 0 amide bonds. The monoisotopic (exact) mass is 872 g/mol. The molecule has 0 rings (SSSR count). The number of rotatable bonds is 49. The molecule has 0 heterocycles. The molecule has 0 aliphatic rings. The Balaban J connectivity index is 3.87. The third-order valence-electron chi connectivity index (χ3n) is 11.4. The molecule has 0 aliphatic heterocycles. The molecule has 0 aliphatic carbocycles. The first kappa shape index (κ1) is 58.8. The van der Waals surface area contributed by atoms with Crippen LogP contribution in [-0.2, 0) is 32.7 Å². The zero-order valence-corrected chi connectivity index (χ0v) is 40.4. The van der Waals surface area contributed by atoms with Gasteiger partial charge in [0, 0.05) is 19.4 Å². The number of phosphoric acid groups is 1. The predicted molar refractivity (Wildman–Crippen MR) is 252 cm³/mol. The Labute approximate surface area is 370 Å². The van der Waals surface area contributed by atoms with Gasteiger partial charge < -0.3 is 20.1 Å². The lowest BCUT2D eigenvalue weighted by Crippen LogP contribution is -2.29. The van der Waals surface area contributed by atoms with Gasteiger partial charge in [0.1, 0.15) is 6.61 Å². The summed E-state index contributed by atoms with van der Waals surface area (Å²) >= 11 is 0. The van der Waals surface area contributed by atoms with Crippen LogP contribution in [0.15, 0.2) is 12.2 Å². The molecular formula is C50H98NO8P. The first-order valence-electron chi connectivity index (χ1n) is 25.7. The van der Waals surface area contributed by atoms with Crippen molar-refractivity contribution in [1.29, 1.82) is 0 Å². The zero-order valence-electron chi connectivity index (χ0n) is 39.5. The normalized spacial score (nSPS) is 13.2. The van der Waals surface area contributed by atoms with E-state index in [1.54, 1.807) is 0 Å². The lowest BCUT2D eigenvalue weighted by atomic mass is 10.0. The second-order valence-corrected chi connectivity index (χ2v) is 18.9. The minimum atomic E-state index is -4.38. The lowest BCUT2D eigenvalue weighted by molar-refractivity contribution is -0.161.